The molecular formula is C34H41Cl2N5O3S. The molecule has 3 aliphatic heterocycles. The van der Waals surface area contributed by atoms with Gasteiger partial charge in [-0.1, -0.05) is 75.2 Å². The minimum atomic E-state index is -0.662. The van der Waals surface area contributed by atoms with Crippen molar-refractivity contribution in [3.05, 3.63) is 80.3 Å². The van der Waals surface area contributed by atoms with Gasteiger partial charge in [-0.05, 0) is 65.9 Å². The average molecular weight is 671 g/mol. The molecule has 5 rings (SSSR count). The van der Waals surface area contributed by atoms with Crippen molar-refractivity contribution in [1.82, 2.24) is 19.6 Å². The van der Waals surface area contributed by atoms with Gasteiger partial charge in [-0.25, -0.2) is 4.99 Å². The maximum Gasteiger partial charge on any atom is 0.263 e. The number of amides is 3. The molecule has 0 bridgehead atoms. The number of allylic oxidation sites excluding steroid dienone is 1. The molecule has 2 aromatic carbocycles. The second kappa shape index (κ2) is 13.4. The van der Waals surface area contributed by atoms with E-state index in [0.29, 0.717) is 47.7 Å². The molecule has 240 valence electrons. The smallest absolute Gasteiger partial charge is 0.263 e. The minimum Gasteiger partial charge on any atom is -0.339 e. The summed E-state index contributed by atoms with van der Waals surface area (Å²) in [6, 6.07) is 15.4. The molecule has 2 aromatic rings. The topological polar surface area (TPSA) is 76.5 Å². The summed E-state index contributed by atoms with van der Waals surface area (Å²) in [6.07, 6.45) is 0. The van der Waals surface area contributed by atoms with Gasteiger partial charge in [0.05, 0.1) is 6.04 Å². The van der Waals surface area contributed by atoms with Crippen LogP contribution in [-0.2, 0) is 19.9 Å². The Morgan fingerprint density at radius 2 is 1.49 bits per heavy atom. The van der Waals surface area contributed by atoms with Crippen LogP contribution in [0, 0.1) is 11.8 Å². The second-order valence-corrected chi connectivity index (χ2v) is 14.7. The van der Waals surface area contributed by atoms with Crippen LogP contribution in [0.2, 0.25) is 10.0 Å². The molecule has 3 aliphatic rings. The first-order valence-corrected chi connectivity index (χ1v) is 17.0. The molecule has 3 heterocycles. The largest absolute Gasteiger partial charge is 0.339 e. The van der Waals surface area contributed by atoms with E-state index in [1.54, 1.807) is 21.6 Å². The Labute approximate surface area is 280 Å². The Kier molecular flexibility index (Phi) is 9.92. The Balaban J connectivity index is 1.50. The van der Waals surface area contributed by atoms with Gasteiger partial charge in [-0.3, -0.25) is 14.4 Å². The number of nitrogens with zero attached hydrogens (tertiary/aromatic N) is 5. The highest BCUT2D eigenvalue weighted by Gasteiger charge is 2.53. The number of piperazine rings is 1. The maximum absolute atomic E-state index is 14.5. The number of carbonyl (C=O) groups is 3. The fraction of sp³-hybridized carbons (Fsp3) is 0.471. The van der Waals surface area contributed by atoms with E-state index in [0.717, 1.165) is 22.0 Å². The third-order valence-corrected chi connectivity index (χ3v) is 10.2. The zero-order valence-electron chi connectivity index (χ0n) is 26.7. The Morgan fingerprint density at radius 1 is 0.933 bits per heavy atom. The lowest BCUT2D eigenvalue weighted by Gasteiger charge is -2.37. The number of halogens is 2. The number of rotatable bonds is 8. The zero-order chi connectivity index (χ0) is 32.6. The first kappa shape index (κ1) is 33.4. The first-order valence-electron chi connectivity index (χ1n) is 15.4. The van der Waals surface area contributed by atoms with Crippen LogP contribution in [0.4, 0.5) is 0 Å². The van der Waals surface area contributed by atoms with Gasteiger partial charge in [-0.15, -0.1) is 0 Å². The quantitative estimate of drug-likeness (QED) is 0.325. The number of benzene rings is 2. The first-order chi connectivity index (χ1) is 21.3. The molecule has 0 unspecified atom stereocenters. The van der Waals surface area contributed by atoms with Crippen LogP contribution < -0.4 is 0 Å². The Hall–Kier alpha value is -3.01. The number of aliphatic imine (C=N–C) groups is 1. The van der Waals surface area contributed by atoms with Gasteiger partial charge in [0.1, 0.15) is 17.0 Å². The van der Waals surface area contributed by atoms with E-state index in [9.17, 15) is 14.4 Å². The normalized spacial score (nSPS) is 21.5. The molecule has 0 radical (unpaired) electrons. The van der Waals surface area contributed by atoms with Crippen molar-refractivity contribution in [2.45, 2.75) is 53.1 Å². The van der Waals surface area contributed by atoms with Crippen molar-refractivity contribution >= 4 is 57.9 Å². The van der Waals surface area contributed by atoms with E-state index in [-0.39, 0.29) is 42.1 Å². The van der Waals surface area contributed by atoms with Crippen molar-refractivity contribution in [2.75, 3.05) is 39.3 Å². The van der Waals surface area contributed by atoms with Crippen LogP contribution in [0.25, 0.3) is 0 Å². The molecule has 0 aromatic heterocycles. The third kappa shape index (κ3) is 6.76. The summed E-state index contributed by atoms with van der Waals surface area (Å²) in [7, 11) is 0. The number of carbonyl (C=O) groups excluding carboxylic acids is 3. The van der Waals surface area contributed by atoms with E-state index in [1.807, 2.05) is 62.4 Å². The molecule has 1 fully saturated rings. The standard InChI is InChI=1S/C34H41Cl2N5O3S/c1-21(2)19-40(20-28(43)39-17-15-38(16-18-39)23(5)42)32(44)30-29(22(3)4)41-31(24-7-11-26(35)12-8-24)34(6,37-33(41)45-30)25-9-13-27(36)14-10-25/h7-14,21-22,31H,15-20H2,1-6H3/t31-,34+/m1/s1. The summed E-state index contributed by atoms with van der Waals surface area (Å²) in [5, 5.41) is 2.06. The van der Waals surface area contributed by atoms with Crippen LogP contribution in [-0.4, -0.2) is 81.8 Å². The molecule has 0 N–H and O–H groups in total. The van der Waals surface area contributed by atoms with Gasteiger partial charge in [-0.2, -0.15) is 0 Å². The second-order valence-electron chi connectivity index (χ2n) is 12.8. The van der Waals surface area contributed by atoms with E-state index in [4.69, 9.17) is 28.2 Å². The highest BCUT2D eigenvalue weighted by atomic mass is 35.5. The monoisotopic (exact) mass is 669 g/mol. The molecular weight excluding hydrogens is 629 g/mol. The average Bonchev–Trinajstić information content (AvgIpc) is 3.49. The van der Waals surface area contributed by atoms with Crippen LogP contribution >= 0.6 is 35.0 Å². The van der Waals surface area contributed by atoms with Crippen molar-refractivity contribution in [3.8, 4) is 0 Å². The fourth-order valence-electron chi connectivity index (χ4n) is 6.40. The molecule has 3 amide bonds. The summed E-state index contributed by atoms with van der Waals surface area (Å²) < 4.78 is 0. The van der Waals surface area contributed by atoms with Crippen LogP contribution in [0.1, 0.15) is 58.7 Å². The molecule has 0 aliphatic carbocycles. The molecule has 1 saturated heterocycles. The van der Waals surface area contributed by atoms with Crippen molar-refractivity contribution in [3.63, 3.8) is 0 Å². The highest BCUT2D eigenvalue weighted by Crippen LogP contribution is 2.56. The Morgan fingerprint density at radius 3 is 2.02 bits per heavy atom. The lowest BCUT2D eigenvalue weighted by molar-refractivity contribution is -0.142. The van der Waals surface area contributed by atoms with Crippen molar-refractivity contribution < 1.29 is 14.4 Å². The van der Waals surface area contributed by atoms with Crippen LogP contribution in [0.3, 0.4) is 0 Å². The predicted molar refractivity (Wildman–Crippen MR) is 182 cm³/mol. The predicted octanol–water partition coefficient (Wildman–Crippen LogP) is 6.41. The highest BCUT2D eigenvalue weighted by molar-refractivity contribution is 8.18. The van der Waals surface area contributed by atoms with E-state index in [2.05, 4.69) is 25.7 Å². The van der Waals surface area contributed by atoms with Crippen molar-refractivity contribution in [1.29, 1.82) is 0 Å². The van der Waals surface area contributed by atoms with Gasteiger partial charge >= 0.3 is 0 Å². The zero-order valence-corrected chi connectivity index (χ0v) is 29.0. The lowest BCUT2D eigenvalue weighted by atomic mass is 9.81. The van der Waals surface area contributed by atoms with Crippen LogP contribution in [0.5, 0.6) is 0 Å². The van der Waals surface area contributed by atoms with Gasteiger partial charge < -0.3 is 19.6 Å². The number of hydrogen-bond acceptors (Lipinski definition) is 6. The van der Waals surface area contributed by atoms with Gasteiger partial charge in [0.15, 0.2) is 5.17 Å². The summed E-state index contributed by atoms with van der Waals surface area (Å²) in [5.74, 6) is -0.0826. The molecule has 8 nitrogen and oxygen atoms in total. The Bertz CT molecular complexity index is 1520. The SMILES string of the molecule is CC(=O)N1CCN(C(=O)CN(CC(C)C)C(=O)C2=C(C(C)C)N3C(=N[C@@](C)(c4ccc(Cl)cc4)[C@H]3c3ccc(Cl)cc3)S2)CC1. The molecule has 0 saturated carbocycles. The lowest BCUT2D eigenvalue weighted by Crippen LogP contribution is -2.53. The number of amidine groups is 1. The molecule has 11 heteroatoms. The summed E-state index contributed by atoms with van der Waals surface area (Å²) >= 11 is 14.0. The number of hydrogen-bond donors (Lipinski definition) is 0. The molecule has 45 heavy (non-hydrogen) atoms. The fourth-order valence-corrected chi connectivity index (χ4v) is 8.03. The van der Waals surface area contributed by atoms with Gasteiger partial charge in [0, 0.05) is 55.4 Å². The summed E-state index contributed by atoms with van der Waals surface area (Å²) in [5.41, 5.74) is 2.28. The maximum atomic E-state index is 14.5. The summed E-state index contributed by atoms with van der Waals surface area (Å²) in [4.78, 5) is 53.0. The van der Waals surface area contributed by atoms with E-state index in [1.165, 1.54) is 11.8 Å². The molecule has 2 atom stereocenters. The van der Waals surface area contributed by atoms with Crippen LogP contribution in [0.15, 0.2) is 64.1 Å². The number of fused-ring (bicyclic) bond motifs is 1. The molecule has 0 spiro atoms. The third-order valence-electron chi connectivity index (χ3n) is 8.64. The van der Waals surface area contributed by atoms with Gasteiger partial charge in [0.25, 0.3) is 5.91 Å². The minimum absolute atomic E-state index is 0.00257. The van der Waals surface area contributed by atoms with E-state index >= 15 is 0 Å². The summed E-state index contributed by atoms with van der Waals surface area (Å²) in [6.45, 7) is 14.3. The van der Waals surface area contributed by atoms with E-state index < -0.39 is 5.54 Å². The van der Waals surface area contributed by atoms with Gasteiger partial charge in [0.2, 0.25) is 11.8 Å². The van der Waals surface area contributed by atoms with Crippen molar-refractivity contribution in [2.24, 2.45) is 16.8 Å². The number of thioether (sulfide) groups is 1.